The molecule has 148 valence electrons. The highest BCUT2D eigenvalue weighted by molar-refractivity contribution is 5.89. The standard InChI is InChI=1S/C20H21F3N4O/c1-5-28-18-9-15-17(10-24-18)26-13(4)27-19(15)25-12(3)14-7-6-8-16(11(14)2)20(21,22)23/h6-10,12H,5H2,1-4H3,(H,25,26,27)/t12-/m1/s1. The van der Waals surface area contributed by atoms with Gasteiger partial charge in [-0.1, -0.05) is 12.1 Å². The monoisotopic (exact) mass is 390 g/mol. The van der Waals surface area contributed by atoms with Crippen LogP contribution < -0.4 is 10.1 Å². The lowest BCUT2D eigenvalue weighted by Gasteiger charge is -2.21. The molecular formula is C20H21F3N4O. The molecule has 0 unspecified atom stereocenters. The van der Waals surface area contributed by atoms with Gasteiger partial charge >= 0.3 is 6.18 Å². The summed E-state index contributed by atoms with van der Waals surface area (Å²) >= 11 is 0. The van der Waals surface area contributed by atoms with Gasteiger partial charge in [0.05, 0.1) is 29.9 Å². The third kappa shape index (κ3) is 4.00. The molecule has 8 heteroatoms. The largest absolute Gasteiger partial charge is 0.478 e. The number of pyridine rings is 1. The number of halogens is 3. The minimum Gasteiger partial charge on any atom is -0.478 e. The first-order chi connectivity index (χ1) is 13.2. The van der Waals surface area contributed by atoms with E-state index >= 15 is 0 Å². The number of ether oxygens (including phenoxy) is 1. The van der Waals surface area contributed by atoms with Gasteiger partial charge < -0.3 is 10.1 Å². The summed E-state index contributed by atoms with van der Waals surface area (Å²) in [6.45, 7) is 7.36. The fraction of sp³-hybridized carbons (Fsp3) is 0.350. The van der Waals surface area contributed by atoms with Crippen molar-refractivity contribution in [2.75, 3.05) is 11.9 Å². The van der Waals surface area contributed by atoms with Crippen LogP contribution in [0, 0.1) is 13.8 Å². The van der Waals surface area contributed by atoms with Crippen LogP contribution in [0.25, 0.3) is 10.9 Å². The average Bonchev–Trinajstić information content (AvgIpc) is 2.61. The van der Waals surface area contributed by atoms with Crippen molar-refractivity contribution in [1.82, 2.24) is 15.0 Å². The zero-order valence-electron chi connectivity index (χ0n) is 16.1. The Hall–Kier alpha value is -2.90. The molecule has 3 rings (SSSR count). The van der Waals surface area contributed by atoms with E-state index < -0.39 is 17.8 Å². The first-order valence-corrected chi connectivity index (χ1v) is 8.91. The molecule has 1 aromatic carbocycles. The second kappa shape index (κ2) is 7.61. The van der Waals surface area contributed by atoms with Crippen molar-refractivity contribution < 1.29 is 17.9 Å². The average molecular weight is 390 g/mol. The van der Waals surface area contributed by atoms with E-state index in [1.54, 1.807) is 32.2 Å². The first-order valence-electron chi connectivity index (χ1n) is 8.91. The van der Waals surface area contributed by atoms with Gasteiger partial charge in [-0.15, -0.1) is 0 Å². The van der Waals surface area contributed by atoms with Crippen LogP contribution in [0.3, 0.4) is 0 Å². The van der Waals surface area contributed by atoms with Gasteiger partial charge in [0.1, 0.15) is 11.6 Å². The fourth-order valence-electron chi connectivity index (χ4n) is 3.18. The number of hydrogen-bond donors (Lipinski definition) is 1. The summed E-state index contributed by atoms with van der Waals surface area (Å²) in [5, 5.41) is 3.92. The van der Waals surface area contributed by atoms with Crippen LogP contribution in [0.5, 0.6) is 5.88 Å². The summed E-state index contributed by atoms with van der Waals surface area (Å²) in [6.07, 6.45) is -2.80. The molecule has 0 saturated carbocycles. The third-order valence-corrected chi connectivity index (χ3v) is 4.46. The first kappa shape index (κ1) is 19.9. The number of fused-ring (bicyclic) bond motifs is 1. The maximum Gasteiger partial charge on any atom is 0.416 e. The molecular weight excluding hydrogens is 369 g/mol. The molecule has 0 aliphatic heterocycles. The van der Waals surface area contributed by atoms with Gasteiger partial charge in [0.2, 0.25) is 5.88 Å². The van der Waals surface area contributed by atoms with Gasteiger partial charge in [-0.25, -0.2) is 15.0 Å². The Labute approximate surface area is 161 Å². The van der Waals surface area contributed by atoms with E-state index in [0.29, 0.717) is 40.6 Å². The SMILES string of the molecule is CCOc1cc2c(N[C@H](C)c3cccc(C(F)(F)F)c3C)nc(C)nc2cn1. The van der Waals surface area contributed by atoms with E-state index in [9.17, 15) is 13.2 Å². The predicted octanol–water partition coefficient (Wildman–Crippen LogP) is 5.23. The molecule has 0 aliphatic rings. The molecule has 0 bridgehead atoms. The van der Waals surface area contributed by atoms with Gasteiger partial charge in [0, 0.05) is 11.5 Å². The number of anilines is 1. The lowest BCUT2D eigenvalue weighted by atomic mass is 9.97. The Morgan fingerprint density at radius 3 is 2.61 bits per heavy atom. The van der Waals surface area contributed by atoms with Gasteiger partial charge in [0.25, 0.3) is 0 Å². The van der Waals surface area contributed by atoms with Crippen LogP contribution in [0.4, 0.5) is 19.0 Å². The Morgan fingerprint density at radius 2 is 1.93 bits per heavy atom. The normalized spacial score (nSPS) is 12.8. The highest BCUT2D eigenvalue weighted by atomic mass is 19.4. The van der Waals surface area contributed by atoms with Crippen LogP contribution >= 0.6 is 0 Å². The van der Waals surface area contributed by atoms with E-state index in [4.69, 9.17) is 4.74 Å². The molecule has 0 spiro atoms. The quantitative estimate of drug-likeness (QED) is 0.646. The van der Waals surface area contributed by atoms with Crippen LogP contribution in [0.1, 0.15) is 42.4 Å². The highest BCUT2D eigenvalue weighted by Crippen LogP contribution is 2.35. The molecule has 0 aliphatic carbocycles. The van der Waals surface area contributed by atoms with Crippen molar-refractivity contribution in [3.05, 3.63) is 53.0 Å². The molecule has 0 radical (unpaired) electrons. The van der Waals surface area contributed by atoms with Crippen LogP contribution in [-0.4, -0.2) is 21.6 Å². The van der Waals surface area contributed by atoms with E-state index in [2.05, 4.69) is 20.3 Å². The minimum atomic E-state index is -4.39. The summed E-state index contributed by atoms with van der Waals surface area (Å²) < 4.78 is 45.1. The fourth-order valence-corrected chi connectivity index (χ4v) is 3.18. The summed E-state index contributed by atoms with van der Waals surface area (Å²) in [4.78, 5) is 13.0. The summed E-state index contributed by atoms with van der Waals surface area (Å²) in [5.41, 5.74) is 0.747. The van der Waals surface area contributed by atoms with Crippen molar-refractivity contribution >= 4 is 16.7 Å². The van der Waals surface area contributed by atoms with Crippen molar-refractivity contribution in [2.24, 2.45) is 0 Å². The van der Waals surface area contributed by atoms with Gasteiger partial charge in [-0.05, 0) is 44.9 Å². The van der Waals surface area contributed by atoms with Crippen molar-refractivity contribution in [2.45, 2.75) is 39.9 Å². The molecule has 3 aromatic rings. The van der Waals surface area contributed by atoms with Crippen molar-refractivity contribution in [1.29, 1.82) is 0 Å². The number of nitrogens with one attached hydrogen (secondary N) is 1. The van der Waals surface area contributed by atoms with E-state index in [-0.39, 0.29) is 5.56 Å². The third-order valence-electron chi connectivity index (χ3n) is 4.46. The number of benzene rings is 1. The predicted molar refractivity (Wildman–Crippen MR) is 101 cm³/mol. The summed E-state index contributed by atoms with van der Waals surface area (Å²) in [6, 6.07) is 5.53. The lowest BCUT2D eigenvalue weighted by Crippen LogP contribution is -2.14. The lowest BCUT2D eigenvalue weighted by molar-refractivity contribution is -0.138. The van der Waals surface area contributed by atoms with E-state index in [1.807, 2.05) is 6.92 Å². The Morgan fingerprint density at radius 1 is 1.18 bits per heavy atom. The van der Waals surface area contributed by atoms with E-state index in [1.165, 1.54) is 13.0 Å². The number of alkyl halides is 3. The van der Waals surface area contributed by atoms with Gasteiger partial charge in [-0.3, -0.25) is 0 Å². The molecule has 28 heavy (non-hydrogen) atoms. The van der Waals surface area contributed by atoms with Crippen LogP contribution in [0.2, 0.25) is 0 Å². The van der Waals surface area contributed by atoms with Crippen LogP contribution in [-0.2, 0) is 6.18 Å². The zero-order valence-corrected chi connectivity index (χ0v) is 16.1. The van der Waals surface area contributed by atoms with Crippen molar-refractivity contribution in [3.63, 3.8) is 0 Å². The molecule has 0 saturated heterocycles. The Balaban J connectivity index is 2.02. The molecule has 0 fully saturated rings. The molecule has 2 aromatic heterocycles. The second-order valence-corrected chi connectivity index (χ2v) is 6.48. The molecule has 1 N–H and O–H groups in total. The smallest absolute Gasteiger partial charge is 0.416 e. The minimum absolute atomic E-state index is 0.196. The molecule has 1 atom stereocenters. The number of aryl methyl sites for hydroxylation is 1. The number of hydrogen-bond acceptors (Lipinski definition) is 5. The van der Waals surface area contributed by atoms with Gasteiger partial charge in [-0.2, -0.15) is 13.2 Å². The summed E-state index contributed by atoms with van der Waals surface area (Å²) in [5.74, 6) is 1.50. The molecule has 5 nitrogen and oxygen atoms in total. The molecule has 2 heterocycles. The highest BCUT2D eigenvalue weighted by Gasteiger charge is 2.33. The Bertz CT molecular complexity index is 1000. The topological polar surface area (TPSA) is 59.9 Å². The maximum atomic E-state index is 13.2. The van der Waals surface area contributed by atoms with Crippen LogP contribution in [0.15, 0.2) is 30.5 Å². The number of rotatable bonds is 5. The second-order valence-electron chi connectivity index (χ2n) is 6.48. The van der Waals surface area contributed by atoms with Gasteiger partial charge in [0.15, 0.2) is 0 Å². The van der Waals surface area contributed by atoms with Crippen molar-refractivity contribution in [3.8, 4) is 5.88 Å². The van der Waals surface area contributed by atoms with E-state index in [0.717, 1.165) is 6.07 Å². The summed E-state index contributed by atoms with van der Waals surface area (Å²) in [7, 11) is 0. The number of aromatic nitrogens is 3. The molecule has 0 amide bonds. The number of nitrogens with zero attached hydrogens (tertiary/aromatic N) is 3. The zero-order chi connectivity index (χ0) is 20.5. The maximum absolute atomic E-state index is 13.2. The Kier molecular flexibility index (Phi) is 5.40.